The second kappa shape index (κ2) is 10.6. The van der Waals surface area contributed by atoms with Gasteiger partial charge in [-0.1, -0.05) is 30.1 Å². The van der Waals surface area contributed by atoms with E-state index in [1.165, 1.54) is 12.1 Å². The number of rotatable bonds is 4. The second-order valence-corrected chi connectivity index (χ2v) is 7.22. The first-order valence-corrected chi connectivity index (χ1v) is 9.46. The predicted molar refractivity (Wildman–Crippen MR) is 102 cm³/mol. The molecule has 0 unspecified atom stereocenters. The van der Waals surface area contributed by atoms with Crippen LogP contribution in [0.1, 0.15) is 18.9 Å². The number of aliphatic carboxylic acids is 1. The SMILES string of the molecule is CC[C@H](N)C(=O)N1c2ccc(Cl)c(Cl)c2C[C@H]1C(=O)NCC(F)(F)F.O=C(O)C(F)(F)F. The lowest BCUT2D eigenvalue weighted by atomic mass is 10.1. The lowest BCUT2D eigenvalue weighted by Gasteiger charge is -2.27. The zero-order valence-corrected chi connectivity index (χ0v) is 17.7. The quantitative estimate of drug-likeness (QED) is 0.537. The molecule has 1 aromatic carbocycles. The van der Waals surface area contributed by atoms with E-state index in [2.05, 4.69) is 0 Å². The van der Waals surface area contributed by atoms with Gasteiger partial charge in [-0.3, -0.25) is 14.5 Å². The summed E-state index contributed by atoms with van der Waals surface area (Å²) in [4.78, 5) is 34.8. The molecule has 15 heteroatoms. The predicted octanol–water partition coefficient (Wildman–Crippen LogP) is 3.30. The van der Waals surface area contributed by atoms with Crippen LogP contribution >= 0.6 is 23.2 Å². The molecule has 2 atom stereocenters. The molecular formula is C17H17Cl2F6N3O4. The molecule has 2 amide bonds. The average Bonchev–Trinajstić information content (AvgIpc) is 3.07. The standard InChI is InChI=1S/C15H16Cl2F3N3O2.C2HF3O2/c1-2-9(21)14(25)23-10-4-3-8(16)12(17)7(10)5-11(23)13(24)22-6-15(18,19)20;3-2(4,5)1(6)7/h3-4,9,11H,2,5-6,21H2,1H3,(H,22,24);(H,6,7)/t9-,11-;/m0./s1. The Labute approximate surface area is 187 Å². The molecular weight excluding hydrogens is 495 g/mol. The molecule has 0 aliphatic carbocycles. The highest BCUT2D eigenvalue weighted by Gasteiger charge is 2.42. The number of carboxylic acid groups (broad SMARTS) is 1. The highest BCUT2D eigenvalue weighted by atomic mass is 35.5. The summed E-state index contributed by atoms with van der Waals surface area (Å²) < 4.78 is 68.8. The number of amides is 2. The van der Waals surface area contributed by atoms with Crippen LogP contribution in [0.4, 0.5) is 32.0 Å². The van der Waals surface area contributed by atoms with Gasteiger partial charge in [0.1, 0.15) is 12.6 Å². The minimum atomic E-state index is -5.08. The van der Waals surface area contributed by atoms with Crippen LogP contribution in [-0.2, 0) is 20.8 Å². The number of hydrogen-bond donors (Lipinski definition) is 3. The number of nitrogens with one attached hydrogen (secondary N) is 1. The molecule has 1 heterocycles. The molecule has 180 valence electrons. The Morgan fingerprint density at radius 3 is 2.19 bits per heavy atom. The molecule has 0 radical (unpaired) electrons. The summed E-state index contributed by atoms with van der Waals surface area (Å²) in [7, 11) is 0. The number of nitrogens with two attached hydrogens (primary N) is 1. The first kappa shape index (κ1) is 27.8. The first-order chi connectivity index (χ1) is 14.5. The zero-order valence-electron chi connectivity index (χ0n) is 16.2. The van der Waals surface area contributed by atoms with Crippen LogP contribution in [0.15, 0.2) is 12.1 Å². The Kier molecular flexibility index (Phi) is 9.18. The number of anilines is 1. The Morgan fingerprint density at radius 2 is 1.75 bits per heavy atom. The summed E-state index contributed by atoms with van der Waals surface area (Å²) >= 11 is 12.1. The number of carbonyl (C=O) groups excluding carboxylic acids is 2. The minimum Gasteiger partial charge on any atom is -0.475 e. The molecule has 0 fully saturated rings. The summed E-state index contributed by atoms with van der Waals surface area (Å²) in [6.07, 6.45) is -9.37. The maximum absolute atomic E-state index is 12.6. The monoisotopic (exact) mass is 511 g/mol. The average molecular weight is 512 g/mol. The van der Waals surface area contributed by atoms with E-state index < -0.39 is 48.8 Å². The van der Waals surface area contributed by atoms with Crippen molar-refractivity contribution in [2.24, 2.45) is 5.73 Å². The summed E-state index contributed by atoms with van der Waals surface area (Å²) in [5.41, 5.74) is 6.52. The number of nitrogens with zero attached hydrogens (tertiary/aromatic N) is 1. The topological polar surface area (TPSA) is 113 Å². The fourth-order valence-corrected chi connectivity index (χ4v) is 3.01. The van der Waals surface area contributed by atoms with Gasteiger partial charge >= 0.3 is 18.3 Å². The van der Waals surface area contributed by atoms with Gasteiger partial charge in [0.05, 0.1) is 16.1 Å². The molecule has 1 aliphatic heterocycles. The third-order valence-electron chi connectivity index (χ3n) is 4.14. The van der Waals surface area contributed by atoms with Crippen LogP contribution < -0.4 is 16.0 Å². The van der Waals surface area contributed by atoms with Gasteiger partial charge in [-0.15, -0.1) is 0 Å². The fraction of sp³-hybridized carbons (Fsp3) is 0.471. The molecule has 2 rings (SSSR count). The minimum absolute atomic E-state index is 0.0411. The van der Waals surface area contributed by atoms with Crippen molar-refractivity contribution in [3.05, 3.63) is 27.7 Å². The van der Waals surface area contributed by atoms with E-state index in [1.807, 2.05) is 0 Å². The summed E-state index contributed by atoms with van der Waals surface area (Å²) in [5.74, 6) is -4.25. The normalized spacial score (nSPS) is 16.6. The second-order valence-electron chi connectivity index (χ2n) is 6.44. The van der Waals surface area contributed by atoms with Crippen molar-refractivity contribution >= 4 is 46.7 Å². The van der Waals surface area contributed by atoms with Crippen LogP contribution in [-0.4, -0.2) is 53.9 Å². The van der Waals surface area contributed by atoms with Gasteiger partial charge in [0.2, 0.25) is 11.8 Å². The smallest absolute Gasteiger partial charge is 0.475 e. The molecule has 0 saturated heterocycles. The zero-order chi connectivity index (χ0) is 25.0. The van der Waals surface area contributed by atoms with Gasteiger partial charge in [0.15, 0.2) is 0 Å². The molecule has 0 bridgehead atoms. The third kappa shape index (κ3) is 7.14. The van der Waals surface area contributed by atoms with Crippen molar-refractivity contribution in [2.75, 3.05) is 11.4 Å². The van der Waals surface area contributed by atoms with Crippen LogP contribution in [0.5, 0.6) is 0 Å². The van der Waals surface area contributed by atoms with Gasteiger partial charge in [0.25, 0.3) is 0 Å². The Morgan fingerprint density at radius 1 is 1.22 bits per heavy atom. The van der Waals surface area contributed by atoms with Crippen molar-refractivity contribution in [1.82, 2.24) is 5.32 Å². The van der Waals surface area contributed by atoms with Crippen LogP contribution in [0.25, 0.3) is 0 Å². The van der Waals surface area contributed by atoms with Gasteiger partial charge in [-0.05, 0) is 24.1 Å². The van der Waals surface area contributed by atoms with E-state index in [1.54, 1.807) is 12.2 Å². The van der Waals surface area contributed by atoms with E-state index in [0.29, 0.717) is 17.7 Å². The summed E-state index contributed by atoms with van der Waals surface area (Å²) in [5, 5.41) is 9.31. The number of fused-ring (bicyclic) bond motifs is 1. The van der Waals surface area contributed by atoms with Gasteiger partial charge < -0.3 is 16.2 Å². The van der Waals surface area contributed by atoms with Gasteiger partial charge in [-0.2, -0.15) is 26.3 Å². The highest BCUT2D eigenvalue weighted by Crippen LogP contribution is 2.40. The van der Waals surface area contributed by atoms with Crippen molar-refractivity contribution in [1.29, 1.82) is 0 Å². The Hall–Kier alpha value is -2.25. The summed E-state index contributed by atoms with van der Waals surface area (Å²) in [6, 6.07) is 0.897. The van der Waals surface area contributed by atoms with E-state index in [-0.39, 0.29) is 16.5 Å². The van der Waals surface area contributed by atoms with Crippen LogP contribution in [0.3, 0.4) is 0 Å². The molecule has 0 aromatic heterocycles. The fourth-order valence-electron chi connectivity index (χ4n) is 2.60. The molecule has 32 heavy (non-hydrogen) atoms. The molecule has 0 spiro atoms. The van der Waals surface area contributed by atoms with Crippen molar-refractivity contribution in [3.63, 3.8) is 0 Å². The maximum Gasteiger partial charge on any atom is 0.490 e. The lowest BCUT2D eigenvalue weighted by molar-refractivity contribution is -0.192. The number of carboxylic acids is 1. The van der Waals surface area contributed by atoms with E-state index in [9.17, 15) is 35.9 Å². The summed E-state index contributed by atoms with van der Waals surface area (Å²) in [6.45, 7) is 0.197. The van der Waals surface area contributed by atoms with E-state index in [4.69, 9.17) is 38.8 Å². The van der Waals surface area contributed by atoms with Gasteiger partial charge in [0, 0.05) is 12.1 Å². The van der Waals surface area contributed by atoms with E-state index >= 15 is 0 Å². The van der Waals surface area contributed by atoms with Crippen molar-refractivity contribution in [3.8, 4) is 0 Å². The largest absolute Gasteiger partial charge is 0.490 e. The first-order valence-electron chi connectivity index (χ1n) is 8.71. The highest BCUT2D eigenvalue weighted by molar-refractivity contribution is 6.43. The number of hydrogen-bond acceptors (Lipinski definition) is 4. The van der Waals surface area contributed by atoms with Crippen LogP contribution in [0, 0.1) is 0 Å². The molecule has 7 nitrogen and oxygen atoms in total. The lowest BCUT2D eigenvalue weighted by Crippen LogP contribution is -2.53. The van der Waals surface area contributed by atoms with E-state index in [0.717, 1.165) is 4.90 Å². The van der Waals surface area contributed by atoms with Crippen LogP contribution in [0.2, 0.25) is 10.0 Å². The maximum atomic E-state index is 12.6. The number of alkyl halides is 6. The Bertz CT molecular complexity index is 879. The molecule has 4 N–H and O–H groups in total. The molecule has 1 aliphatic rings. The number of halogens is 8. The molecule has 1 aromatic rings. The number of carbonyl (C=O) groups is 3. The van der Waals surface area contributed by atoms with Crippen molar-refractivity contribution < 1.29 is 45.8 Å². The third-order valence-corrected chi connectivity index (χ3v) is 4.99. The number of benzene rings is 1. The molecule has 0 saturated carbocycles. The van der Waals surface area contributed by atoms with Crippen molar-refractivity contribution in [2.45, 2.75) is 44.2 Å². The van der Waals surface area contributed by atoms with Gasteiger partial charge in [-0.25, -0.2) is 4.79 Å². The Balaban J connectivity index is 0.000000633.